The molecule has 0 unspecified atom stereocenters. The average molecular weight is 284 g/mol. The van der Waals surface area contributed by atoms with Gasteiger partial charge in [0.1, 0.15) is 5.82 Å². The van der Waals surface area contributed by atoms with Crippen LogP contribution in [0.15, 0.2) is 24.4 Å². The number of pyridine rings is 1. The summed E-state index contributed by atoms with van der Waals surface area (Å²) in [5, 5.41) is 2.58. The van der Waals surface area contributed by atoms with Crippen LogP contribution in [-0.4, -0.2) is 29.1 Å². The summed E-state index contributed by atoms with van der Waals surface area (Å²) in [4.78, 5) is 10.8. The number of hydrogen-bond donors (Lipinski definition) is 1. The van der Waals surface area contributed by atoms with Gasteiger partial charge >= 0.3 is 6.18 Å². The lowest BCUT2D eigenvalue weighted by molar-refractivity contribution is -0.144. The minimum atomic E-state index is -4.61. The average Bonchev–Trinajstić information content (AvgIpc) is 2.46. The highest BCUT2D eigenvalue weighted by Crippen LogP contribution is 2.29. The van der Waals surface area contributed by atoms with Crippen molar-refractivity contribution in [2.24, 2.45) is 0 Å². The Morgan fingerprint density at radius 1 is 1.20 bits per heavy atom. The van der Waals surface area contributed by atoms with E-state index < -0.39 is 12.0 Å². The van der Waals surface area contributed by atoms with Crippen LogP contribution in [0, 0.1) is 0 Å². The van der Waals surface area contributed by atoms with Crippen molar-refractivity contribution in [3.05, 3.63) is 30.2 Å². The fourth-order valence-electron chi connectivity index (χ4n) is 1.50. The number of ether oxygens (including phenoxy) is 1. The standard InChI is InChI=1S/C12H11F3N4O/c1-16-9-5-8(18-11(19-9)12(13,14)15)7-3-4-10(20-2)17-6-7/h3-6H,1-2H3,(H,16,18,19). The van der Waals surface area contributed by atoms with Crippen LogP contribution in [0.25, 0.3) is 11.3 Å². The van der Waals surface area contributed by atoms with Gasteiger partial charge in [0.15, 0.2) is 0 Å². The van der Waals surface area contributed by atoms with Gasteiger partial charge in [0.05, 0.1) is 12.8 Å². The Hall–Kier alpha value is -2.38. The van der Waals surface area contributed by atoms with Crippen molar-refractivity contribution < 1.29 is 17.9 Å². The van der Waals surface area contributed by atoms with Gasteiger partial charge in [-0.3, -0.25) is 0 Å². The molecule has 8 heteroatoms. The molecule has 0 spiro atoms. The van der Waals surface area contributed by atoms with Crippen molar-refractivity contribution >= 4 is 5.82 Å². The van der Waals surface area contributed by atoms with Crippen LogP contribution in [0.4, 0.5) is 19.0 Å². The van der Waals surface area contributed by atoms with Crippen LogP contribution in [-0.2, 0) is 6.18 Å². The Morgan fingerprint density at radius 3 is 2.45 bits per heavy atom. The Labute approximate surface area is 112 Å². The summed E-state index contributed by atoms with van der Waals surface area (Å²) >= 11 is 0. The number of nitrogens with one attached hydrogen (secondary N) is 1. The van der Waals surface area contributed by atoms with Crippen LogP contribution >= 0.6 is 0 Å². The Bertz CT molecular complexity index is 599. The van der Waals surface area contributed by atoms with E-state index >= 15 is 0 Å². The van der Waals surface area contributed by atoms with E-state index in [0.29, 0.717) is 11.4 Å². The SMILES string of the molecule is CNc1cc(-c2ccc(OC)nc2)nc(C(F)(F)F)n1. The second kappa shape index (κ2) is 5.32. The van der Waals surface area contributed by atoms with Crippen LogP contribution < -0.4 is 10.1 Å². The van der Waals surface area contributed by atoms with Crippen molar-refractivity contribution in [3.8, 4) is 17.1 Å². The van der Waals surface area contributed by atoms with Crippen molar-refractivity contribution in [3.63, 3.8) is 0 Å². The second-order valence-corrected chi connectivity index (χ2v) is 3.80. The molecule has 0 amide bonds. The molecule has 1 N–H and O–H groups in total. The maximum absolute atomic E-state index is 12.7. The fourth-order valence-corrected chi connectivity index (χ4v) is 1.50. The smallest absolute Gasteiger partial charge is 0.451 e. The van der Waals surface area contributed by atoms with Gasteiger partial charge in [0, 0.05) is 30.9 Å². The zero-order chi connectivity index (χ0) is 14.8. The number of aromatic nitrogens is 3. The van der Waals surface area contributed by atoms with Gasteiger partial charge in [-0.2, -0.15) is 13.2 Å². The first-order chi connectivity index (χ1) is 9.44. The van der Waals surface area contributed by atoms with Gasteiger partial charge in [0.2, 0.25) is 11.7 Å². The lowest BCUT2D eigenvalue weighted by Crippen LogP contribution is -2.13. The molecular weight excluding hydrogens is 273 g/mol. The molecule has 0 aliphatic heterocycles. The normalized spacial score (nSPS) is 11.2. The first-order valence-corrected chi connectivity index (χ1v) is 5.58. The van der Waals surface area contributed by atoms with E-state index in [4.69, 9.17) is 4.74 Å². The topological polar surface area (TPSA) is 59.9 Å². The molecule has 20 heavy (non-hydrogen) atoms. The minimum Gasteiger partial charge on any atom is -0.481 e. The van der Waals surface area contributed by atoms with Crippen molar-refractivity contribution in [1.29, 1.82) is 0 Å². The largest absolute Gasteiger partial charge is 0.481 e. The fraction of sp³-hybridized carbons (Fsp3) is 0.250. The first-order valence-electron chi connectivity index (χ1n) is 5.58. The summed E-state index contributed by atoms with van der Waals surface area (Å²) < 4.78 is 43.1. The van der Waals surface area contributed by atoms with Gasteiger partial charge in [0.25, 0.3) is 0 Å². The minimum absolute atomic E-state index is 0.0816. The molecule has 106 valence electrons. The molecule has 0 radical (unpaired) electrons. The van der Waals surface area contributed by atoms with Gasteiger partial charge < -0.3 is 10.1 Å². The molecule has 0 bridgehead atoms. The van der Waals surface area contributed by atoms with E-state index in [1.807, 2.05) is 0 Å². The van der Waals surface area contributed by atoms with E-state index in [1.54, 1.807) is 12.1 Å². The number of halogens is 3. The zero-order valence-electron chi connectivity index (χ0n) is 10.7. The van der Waals surface area contributed by atoms with Crippen molar-refractivity contribution in [2.75, 3.05) is 19.5 Å². The number of methoxy groups -OCH3 is 1. The van der Waals surface area contributed by atoms with Crippen molar-refractivity contribution in [2.45, 2.75) is 6.18 Å². The third-order valence-electron chi connectivity index (χ3n) is 2.48. The Balaban J connectivity index is 2.49. The molecule has 2 heterocycles. The summed E-state index contributed by atoms with van der Waals surface area (Å²) in [7, 11) is 2.94. The van der Waals surface area contributed by atoms with E-state index in [1.165, 1.54) is 26.4 Å². The predicted molar refractivity (Wildman–Crippen MR) is 66.4 cm³/mol. The molecule has 0 aromatic carbocycles. The number of alkyl halides is 3. The third-order valence-corrected chi connectivity index (χ3v) is 2.48. The lowest BCUT2D eigenvalue weighted by atomic mass is 10.2. The number of nitrogens with zero attached hydrogens (tertiary/aromatic N) is 3. The maximum Gasteiger partial charge on any atom is 0.451 e. The summed E-state index contributed by atoms with van der Waals surface area (Å²) in [6, 6.07) is 4.54. The molecule has 2 aromatic heterocycles. The highest BCUT2D eigenvalue weighted by molar-refractivity contribution is 5.62. The second-order valence-electron chi connectivity index (χ2n) is 3.80. The van der Waals surface area contributed by atoms with Crippen molar-refractivity contribution in [1.82, 2.24) is 15.0 Å². The summed E-state index contributed by atoms with van der Waals surface area (Å²) in [6.07, 6.45) is -3.22. The third kappa shape index (κ3) is 2.95. The van der Waals surface area contributed by atoms with Crippen LogP contribution in [0.2, 0.25) is 0 Å². The Morgan fingerprint density at radius 2 is 1.95 bits per heavy atom. The number of anilines is 1. The molecule has 0 atom stereocenters. The van der Waals surface area contributed by atoms with Gasteiger partial charge in [-0.05, 0) is 6.07 Å². The molecule has 0 saturated heterocycles. The number of rotatable bonds is 3. The van der Waals surface area contributed by atoms with E-state index in [-0.39, 0.29) is 11.5 Å². The summed E-state index contributed by atoms with van der Waals surface area (Å²) in [5.74, 6) is -0.749. The van der Waals surface area contributed by atoms with Gasteiger partial charge in [-0.15, -0.1) is 0 Å². The lowest BCUT2D eigenvalue weighted by Gasteiger charge is -2.10. The van der Waals surface area contributed by atoms with Gasteiger partial charge in [-0.1, -0.05) is 0 Å². The van der Waals surface area contributed by atoms with Gasteiger partial charge in [-0.25, -0.2) is 15.0 Å². The van der Waals surface area contributed by atoms with Crippen LogP contribution in [0.1, 0.15) is 5.82 Å². The maximum atomic E-state index is 12.7. The first kappa shape index (κ1) is 14.0. The molecular formula is C12H11F3N4O. The molecule has 0 aliphatic carbocycles. The van der Waals surface area contributed by atoms with E-state index in [0.717, 1.165) is 0 Å². The summed E-state index contributed by atoms with van der Waals surface area (Å²) in [6.45, 7) is 0. The monoisotopic (exact) mass is 284 g/mol. The molecule has 0 saturated carbocycles. The molecule has 2 aromatic rings. The highest BCUT2D eigenvalue weighted by atomic mass is 19.4. The zero-order valence-corrected chi connectivity index (χ0v) is 10.7. The predicted octanol–water partition coefficient (Wildman–Crippen LogP) is 2.61. The van der Waals surface area contributed by atoms with E-state index in [9.17, 15) is 13.2 Å². The quantitative estimate of drug-likeness (QED) is 0.938. The van der Waals surface area contributed by atoms with Crippen LogP contribution in [0.5, 0.6) is 5.88 Å². The van der Waals surface area contributed by atoms with Crippen LogP contribution in [0.3, 0.4) is 0 Å². The summed E-state index contributed by atoms with van der Waals surface area (Å²) in [5.41, 5.74) is 0.571. The molecule has 0 aliphatic rings. The molecule has 2 rings (SSSR count). The molecule has 0 fully saturated rings. The van der Waals surface area contributed by atoms with E-state index in [2.05, 4.69) is 20.3 Å². The highest BCUT2D eigenvalue weighted by Gasteiger charge is 2.35. The number of hydrogen-bond acceptors (Lipinski definition) is 5. The Kier molecular flexibility index (Phi) is 3.73. The molecule has 5 nitrogen and oxygen atoms in total.